The molecule has 12 heteroatoms. The third kappa shape index (κ3) is 46.0. The number of phosphoric ester groups is 1. The molecule has 0 amide bonds. The zero-order valence-electron chi connectivity index (χ0n) is 41.6. The smallest absolute Gasteiger partial charge is 0.462 e. The highest BCUT2D eigenvalue weighted by atomic mass is 31.2. The second-order valence-electron chi connectivity index (χ2n) is 16.9. The van der Waals surface area contributed by atoms with Crippen LogP contribution in [0.4, 0.5) is 0 Å². The van der Waals surface area contributed by atoms with E-state index in [9.17, 15) is 28.9 Å². The lowest BCUT2D eigenvalue weighted by atomic mass is 10.1. The van der Waals surface area contributed by atoms with Crippen molar-refractivity contribution in [3.8, 4) is 0 Å². The maximum Gasteiger partial charge on any atom is 0.472 e. The number of rotatable bonds is 47. The molecule has 380 valence electrons. The highest BCUT2D eigenvalue weighted by Gasteiger charge is 2.28. The molecule has 0 aliphatic heterocycles. The van der Waals surface area contributed by atoms with Gasteiger partial charge in [0.1, 0.15) is 12.7 Å². The van der Waals surface area contributed by atoms with Crippen molar-refractivity contribution < 1.29 is 52.2 Å². The predicted molar refractivity (Wildman–Crippen MR) is 270 cm³/mol. The zero-order valence-corrected chi connectivity index (χ0v) is 42.5. The van der Waals surface area contributed by atoms with E-state index in [-0.39, 0.29) is 25.9 Å². The molecule has 11 nitrogen and oxygen atoms in total. The Morgan fingerprint density at radius 3 is 1.23 bits per heavy atom. The van der Waals surface area contributed by atoms with Gasteiger partial charge in [0.05, 0.1) is 19.8 Å². The summed E-state index contributed by atoms with van der Waals surface area (Å²) in [5, 5.41) is 9.76. The van der Waals surface area contributed by atoms with Gasteiger partial charge in [0.2, 0.25) is 0 Å². The number of aliphatic hydroxyl groups excluding tert-OH is 1. The van der Waals surface area contributed by atoms with Crippen molar-refractivity contribution in [3.63, 3.8) is 0 Å². The SMILES string of the molecule is CC/C=C\C/C=C\C/C=C\CCCCCCCC(=O)OCC(COP(=O)(O)OCC(CO)OC(=O)CCCCCCCCCCCCC)OC(=O)CCCCC/C=C\C/C=C\C/C=C\CC. The molecule has 2 N–H and O–H groups in total. The molecule has 3 atom stereocenters. The normalized spacial score (nSPS) is 14.1. The minimum absolute atomic E-state index is 0.127. The Morgan fingerprint density at radius 1 is 0.439 bits per heavy atom. The Labute approximate surface area is 401 Å². The van der Waals surface area contributed by atoms with Gasteiger partial charge in [-0.05, 0) is 83.5 Å². The van der Waals surface area contributed by atoms with E-state index in [2.05, 4.69) is 93.7 Å². The fourth-order valence-electron chi connectivity index (χ4n) is 6.74. The molecule has 0 aliphatic rings. The molecule has 0 rings (SSSR count). The first kappa shape index (κ1) is 62.9. The molecule has 0 aromatic heterocycles. The number of ether oxygens (including phenoxy) is 3. The first-order valence-electron chi connectivity index (χ1n) is 25.8. The van der Waals surface area contributed by atoms with Gasteiger partial charge in [-0.1, -0.05) is 184 Å². The van der Waals surface area contributed by atoms with Crippen LogP contribution in [-0.2, 0) is 42.2 Å². The van der Waals surface area contributed by atoms with Crippen molar-refractivity contribution in [3.05, 3.63) is 72.9 Å². The van der Waals surface area contributed by atoms with E-state index in [1.807, 2.05) is 0 Å². The van der Waals surface area contributed by atoms with E-state index >= 15 is 0 Å². The van der Waals surface area contributed by atoms with Crippen molar-refractivity contribution >= 4 is 25.7 Å². The summed E-state index contributed by atoms with van der Waals surface area (Å²) in [6.45, 7) is 4.34. The Kier molecular flexibility index (Phi) is 46.1. The topological polar surface area (TPSA) is 155 Å². The standard InChI is InChI=1S/C54H93O11P/c1-4-7-10-13-16-19-22-24-25-27-29-31-34-37-40-43-52(56)61-47-51(65-54(58)45-42-39-36-33-30-26-23-20-17-14-11-8-5-2)49-63-66(59,60)62-48-50(46-55)64-53(57)44-41-38-35-32-28-21-18-15-12-9-6-3/h7-8,10-11,16-17,19-20,24-26,30,50-51,55H,4-6,9,12-15,18,21-23,27-29,31-49H2,1-3H3,(H,59,60)/b10-7-,11-8-,19-16-,20-17-,25-24-,30-26-. The summed E-state index contributed by atoms with van der Waals surface area (Å²) in [5.74, 6) is -1.52. The predicted octanol–water partition coefficient (Wildman–Crippen LogP) is 14.6. The summed E-state index contributed by atoms with van der Waals surface area (Å²) in [6, 6.07) is 0. The van der Waals surface area contributed by atoms with E-state index < -0.39 is 57.8 Å². The first-order valence-corrected chi connectivity index (χ1v) is 27.3. The first-order chi connectivity index (χ1) is 32.2. The van der Waals surface area contributed by atoms with Crippen LogP contribution in [0.5, 0.6) is 0 Å². The molecular formula is C54H93O11P. The molecule has 0 saturated heterocycles. The fourth-order valence-corrected chi connectivity index (χ4v) is 7.52. The Bertz CT molecular complexity index is 1390. The molecule has 66 heavy (non-hydrogen) atoms. The van der Waals surface area contributed by atoms with Crippen molar-refractivity contribution in [2.24, 2.45) is 0 Å². The van der Waals surface area contributed by atoms with Crippen molar-refractivity contribution in [1.29, 1.82) is 0 Å². The van der Waals surface area contributed by atoms with E-state index in [0.717, 1.165) is 109 Å². The van der Waals surface area contributed by atoms with Crippen LogP contribution in [0.2, 0.25) is 0 Å². The maximum atomic E-state index is 12.8. The van der Waals surface area contributed by atoms with Crippen molar-refractivity contribution in [2.75, 3.05) is 26.4 Å². The second kappa shape index (κ2) is 48.4. The van der Waals surface area contributed by atoms with Crippen LogP contribution in [0.15, 0.2) is 72.9 Å². The van der Waals surface area contributed by atoms with Crippen LogP contribution in [0, 0.1) is 0 Å². The van der Waals surface area contributed by atoms with E-state index in [0.29, 0.717) is 19.3 Å². The average Bonchev–Trinajstić information content (AvgIpc) is 3.30. The van der Waals surface area contributed by atoms with E-state index in [4.69, 9.17) is 23.3 Å². The second-order valence-corrected chi connectivity index (χ2v) is 18.4. The lowest BCUT2D eigenvalue weighted by Gasteiger charge is -2.21. The van der Waals surface area contributed by atoms with Gasteiger partial charge in [-0.15, -0.1) is 0 Å². The van der Waals surface area contributed by atoms with Crippen LogP contribution in [0.1, 0.15) is 213 Å². The number of hydrogen-bond acceptors (Lipinski definition) is 10. The van der Waals surface area contributed by atoms with Gasteiger partial charge < -0.3 is 24.2 Å². The number of aliphatic hydroxyl groups is 1. The zero-order chi connectivity index (χ0) is 48.4. The Balaban J connectivity index is 4.81. The van der Waals surface area contributed by atoms with Crippen LogP contribution >= 0.6 is 7.82 Å². The monoisotopic (exact) mass is 949 g/mol. The largest absolute Gasteiger partial charge is 0.472 e. The summed E-state index contributed by atoms with van der Waals surface area (Å²) in [7, 11) is -4.75. The Morgan fingerprint density at radius 2 is 0.788 bits per heavy atom. The quantitative estimate of drug-likeness (QED) is 0.0197. The maximum absolute atomic E-state index is 12.8. The van der Waals surface area contributed by atoms with Crippen LogP contribution < -0.4 is 0 Å². The van der Waals surface area contributed by atoms with Crippen LogP contribution in [0.25, 0.3) is 0 Å². The highest BCUT2D eigenvalue weighted by Crippen LogP contribution is 2.43. The summed E-state index contributed by atoms with van der Waals surface area (Å²) < 4.78 is 39.3. The van der Waals surface area contributed by atoms with Crippen molar-refractivity contribution in [2.45, 2.75) is 226 Å². The number of phosphoric acid groups is 1. The summed E-state index contributed by atoms with van der Waals surface area (Å²) in [5.41, 5.74) is 0. The fraction of sp³-hybridized carbons (Fsp3) is 0.722. The number of esters is 3. The Hall–Kier alpha value is -3.08. The van der Waals surface area contributed by atoms with Crippen molar-refractivity contribution in [1.82, 2.24) is 0 Å². The number of allylic oxidation sites excluding steroid dienone is 12. The molecular weight excluding hydrogens is 856 g/mol. The molecule has 0 fully saturated rings. The molecule has 0 radical (unpaired) electrons. The third-order valence-electron chi connectivity index (χ3n) is 10.6. The molecule has 3 unspecified atom stereocenters. The lowest BCUT2D eigenvalue weighted by Crippen LogP contribution is -2.30. The lowest BCUT2D eigenvalue weighted by molar-refractivity contribution is -0.161. The molecule has 0 aliphatic carbocycles. The van der Waals surface area contributed by atoms with Gasteiger partial charge in [-0.25, -0.2) is 4.57 Å². The number of carbonyl (C=O) groups excluding carboxylic acids is 3. The van der Waals surface area contributed by atoms with Gasteiger partial charge in [0.15, 0.2) is 6.10 Å². The molecule has 0 aromatic rings. The van der Waals surface area contributed by atoms with Gasteiger partial charge >= 0.3 is 25.7 Å². The van der Waals surface area contributed by atoms with Gasteiger partial charge in [-0.2, -0.15) is 0 Å². The minimum Gasteiger partial charge on any atom is -0.462 e. The summed E-state index contributed by atoms with van der Waals surface area (Å²) in [6.07, 6.45) is 51.6. The molecule has 0 saturated carbocycles. The minimum atomic E-state index is -4.75. The number of unbranched alkanes of at least 4 members (excludes halogenated alkanes) is 18. The molecule has 0 bridgehead atoms. The van der Waals surface area contributed by atoms with Crippen LogP contribution in [0.3, 0.4) is 0 Å². The summed E-state index contributed by atoms with van der Waals surface area (Å²) in [4.78, 5) is 48.3. The number of carbonyl (C=O) groups is 3. The van der Waals surface area contributed by atoms with Crippen LogP contribution in [-0.4, -0.2) is 66.5 Å². The molecule has 0 aromatic carbocycles. The number of hydrogen-bond donors (Lipinski definition) is 2. The third-order valence-corrected chi connectivity index (χ3v) is 11.6. The van der Waals surface area contributed by atoms with Gasteiger partial charge in [0, 0.05) is 19.3 Å². The van der Waals surface area contributed by atoms with Gasteiger partial charge in [-0.3, -0.25) is 23.4 Å². The molecule has 0 spiro atoms. The highest BCUT2D eigenvalue weighted by molar-refractivity contribution is 7.47. The molecule has 0 heterocycles. The van der Waals surface area contributed by atoms with E-state index in [1.165, 1.54) is 44.9 Å². The van der Waals surface area contributed by atoms with E-state index in [1.54, 1.807) is 0 Å². The summed E-state index contributed by atoms with van der Waals surface area (Å²) >= 11 is 0. The average molecular weight is 949 g/mol. The van der Waals surface area contributed by atoms with Gasteiger partial charge in [0.25, 0.3) is 0 Å².